The molecule has 0 heterocycles. The molecule has 1 aromatic carbocycles. The van der Waals surface area contributed by atoms with Crippen molar-refractivity contribution in [2.24, 2.45) is 0 Å². The molecule has 0 aromatic heterocycles. The van der Waals surface area contributed by atoms with Crippen LogP contribution in [-0.4, -0.2) is 17.3 Å². The minimum absolute atomic E-state index is 0.000834. The molecule has 2 nitrogen and oxygen atoms in total. The Balaban J connectivity index is 2.06. The molecule has 18 heavy (non-hydrogen) atoms. The molecule has 0 atom stereocenters. The van der Waals surface area contributed by atoms with Crippen molar-refractivity contribution in [2.75, 3.05) is 6.61 Å². The Bertz CT molecular complexity index is 407. The molecular formula is C13H16F3NO. The Labute approximate surface area is 104 Å². The van der Waals surface area contributed by atoms with E-state index in [0.717, 1.165) is 37.8 Å². The molecule has 1 aliphatic rings. The predicted molar refractivity (Wildman–Crippen MR) is 61.4 cm³/mol. The summed E-state index contributed by atoms with van der Waals surface area (Å²) >= 11 is 0. The van der Waals surface area contributed by atoms with Crippen molar-refractivity contribution in [3.8, 4) is 0 Å². The van der Waals surface area contributed by atoms with Crippen LogP contribution in [0.3, 0.4) is 0 Å². The highest BCUT2D eigenvalue weighted by Gasteiger charge is 2.32. The Morgan fingerprint density at radius 3 is 2.17 bits per heavy atom. The zero-order chi connectivity index (χ0) is 13.2. The van der Waals surface area contributed by atoms with Gasteiger partial charge in [-0.15, -0.1) is 0 Å². The minimum Gasteiger partial charge on any atom is -0.394 e. The first-order valence-electron chi connectivity index (χ1n) is 6.06. The van der Waals surface area contributed by atoms with Gasteiger partial charge in [-0.1, -0.05) is 12.8 Å². The van der Waals surface area contributed by atoms with E-state index in [2.05, 4.69) is 5.32 Å². The van der Waals surface area contributed by atoms with E-state index < -0.39 is 17.5 Å². The number of hydrogen-bond donors (Lipinski definition) is 2. The molecule has 100 valence electrons. The zero-order valence-electron chi connectivity index (χ0n) is 9.98. The molecule has 1 saturated carbocycles. The Hall–Kier alpha value is -1.07. The summed E-state index contributed by atoms with van der Waals surface area (Å²) in [6, 6.07) is 1.96. The van der Waals surface area contributed by atoms with Gasteiger partial charge in [0.15, 0.2) is 17.5 Å². The van der Waals surface area contributed by atoms with E-state index in [0.29, 0.717) is 5.56 Å². The van der Waals surface area contributed by atoms with Crippen LogP contribution in [0, 0.1) is 17.5 Å². The van der Waals surface area contributed by atoms with Gasteiger partial charge >= 0.3 is 0 Å². The number of hydrogen-bond acceptors (Lipinski definition) is 2. The molecular weight excluding hydrogens is 243 g/mol. The lowest BCUT2D eigenvalue weighted by Gasteiger charge is -2.28. The number of aliphatic hydroxyl groups excluding tert-OH is 1. The Morgan fingerprint density at radius 1 is 1.11 bits per heavy atom. The van der Waals surface area contributed by atoms with E-state index in [-0.39, 0.29) is 18.7 Å². The maximum atomic E-state index is 13.0. The zero-order valence-corrected chi connectivity index (χ0v) is 9.98. The summed E-state index contributed by atoms with van der Waals surface area (Å²) in [5.74, 6) is -3.82. The maximum Gasteiger partial charge on any atom is 0.194 e. The SMILES string of the molecule is OCC1(NCc2cc(F)c(F)c(F)c2)CCCC1. The van der Waals surface area contributed by atoms with E-state index in [1.807, 2.05) is 0 Å². The summed E-state index contributed by atoms with van der Waals surface area (Å²) in [4.78, 5) is 0. The maximum absolute atomic E-state index is 13.0. The number of halogens is 3. The molecule has 0 aliphatic heterocycles. The van der Waals surface area contributed by atoms with Crippen LogP contribution in [0.1, 0.15) is 31.2 Å². The van der Waals surface area contributed by atoms with Crippen LogP contribution in [0.5, 0.6) is 0 Å². The molecule has 0 unspecified atom stereocenters. The molecule has 0 radical (unpaired) electrons. The van der Waals surface area contributed by atoms with Crippen LogP contribution in [0.4, 0.5) is 13.2 Å². The van der Waals surface area contributed by atoms with Gasteiger partial charge in [0.1, 0.15) is 0 Å². The number of aliphatic hydroxyl groups is 1. The van der Waals surface area contributed by atoms with Crippen LogP contribution in [0.2, 0.25) is 0 Å². The first kappa shape index (κ1) is 13.4. The van der Waals surface area contributed by atoms with Gasteiger partial charge < -0.3 is 10.4 Å². The second kappa shape index (κ2) is 5.28. The topological polar surface area (TPSA) is 32.3 Å². The fourth-order valence-electron chi connectivity index (χ4n) is 2.44. The molecule has 1 fully saturated rings. The summed E-state index contributed by atoms with van der Waals surface area (Å²) in [6.45, 7) is 0.216. The lowest BCUT2D eigenvalue weighted by atomic mass is 9.98. The third-order valence-corrected chi connectivity index (χ3v) is 3.57. The quantitative estimate of drug-likeness (QED) is 0.814. The molecule has 0 saturated heterocycles. The molecule has 0 spiro atoms. The van der Waals surface area contributed by atoms with Gasteiger partial charge in [-0.05, 0) is 30.5 Å². The number of nitrogens with one attached hydrogen (secondary N) is 1. The van der Waals surface area contributed by atoms with E-state index in [1.165, 1.54) is 0 Å². The third-order valence-electron chi connectivity index (χ3n) is 3.57. The van der Waals surface area contributed by atoms with Crippen LogP contribution < -0.4 is 5.32 Å². The average Bonchev–Trinajstić information content (AvgIpc) is 2.83. The summed E-state index contributed by atoms with van der Waals surface area (Å²) in [7, 11) is 0. The van der Waals surface area contributed by atoms with Gasteiger partial charge in [-0.2, -0.15) is 0 Å². The normalized spacial score (nSPS) is 18.2. The summed E-state index contributed by atoms with van der Waals surface area (Å²) in [5.41, 5.74) is -0.0208. The van der Waals surface area contributed by atoms with Gasteiger partial charge in [0.05, 0.1) is 6.61 Å². The Morgan fingerprint density at radius 2 is 1.67 bits per heavy atom. The first-order valence-corrected chi connectivity index (χ1v) is 6.06. The van der Waals surface area contributed by atoms with E-state index in [4.69, 9.17) is 0 Å². The highest BCUT2D eigenvalue weighted by atomic mass is 19.2. The smallest absolute Gasteiger partial charge is 0.194 e. The van der Waals surface area contributed by atoms with Crippen molar-refractivity contribution in [3.63, 3.8) is 0 Å². The van der Waals surface area contributed by atoms with Crippen LogP contribution in [0.25, 0.3) is 0 Å². The van der Waals surface area contributed by atoms with Gasteiger partial charge in [0.2, 0.25) is 0 Å². The highest BCUT2D eigenvalue weighted by Crippen LogP contribution is 2.29. The molecule has 2 rings (SSSR count). The summed E-state index contributed by atoms with van der Waals surface area (Å²) in [6.07, 6.45) is 3.74. The second-order valence-corrected chi connectivity index (χ2v) is 4.87. The monoisotopic (exact) mass is 259 g/mol. The number of rotatable bonds is 4. The van der Waals surface area contributed by atoms with Crippen molar-refractivity contribution < 1.29 is 18.3 Å². The molecule has 1 aromatic rings. The molecule has 0 amide bonds. The molecule has 1 aliphatic carbocycles. The van der Waals surface area contributed by atoms with Crippen LogP contribution in [0.15, 0.2) is 12.1 Å². The van der Waals surface area contributed by atoms with Gasteiger partial charge in [-0.3, -0.25) is 0 Å². The summed E-state index contributed by atoms with van der Waals surface area (Å²) in [5, 5.41) is 12.5. The fourth-order valence-corrected chi connectivity index (χ4v) is 2.44. The fraction of sp³-hybridized carbons (Fsp3) is 0.538. The predicted octanol–water partition coefficient (Wildman–Crippen LogP) is 2.50. The van der Waals surface area contributed by atoms with Gasteiger partial charge in [0.25, 0.3) is 0 Å². The van der Waals surface area contributed by atoms with Gasteiger partial charge in [0, 0.05) is 12.1 Å². The number of benzene rings is 1. The third kappa shape index (κ3) is 2.67. The standard InChI is InChI=1S/C13H16F3NO/c14-10-5-9(6-11(15)12(10)16)7-17-13(8-18)3-1-2-4-13/h5-6,17-18H,1-4,7-8H2. The summed E-state index contributed by atoms with van der Waals surface area (Å²) < 4.78 is 38.8. The minimum atomic E-state index is -1.45. The molecule has 0 bridgehead atoms. The van der Waals surface area contributed by atoms with Crippen LogP contribution in [-0.2, 0) is 6.54 Å². The van der Waals surface area contributed by atoms with E-state index >= 15 is 0 Å². The van der Waals surface area contributed by atoms with Crippen molar-refractivity contribution in [1.82, 2.24) is 5.32 Å². The first-order chi connectivity index (χ1) is 8.56. The van der Waals surface area contributed by atoms with Crippen molar-refractivity contribution >= 4 is 0 Å². The Kier molecular flexibility index (Phi) is 3.92. The van der Waals surface area contributed by atoms with Crippen molar-refractivity contribution in [1.29, 1.82) is 0 Å². The van der Waals surface area contributed by atoms with Crippen LogP contribution >= 0.6 is 0 Å². The molecule has 2 N–H and O–H groups in total. The van der Waals surface area contributed by atoms with E-state index in [9.17, 15) is 18.3 Å². The average molecular weight is 259 g/mol. The lowest BCUT2D eigenvalue weighted by Crippen LogP contribution is -2.45. The van der Waals surface area contributed by atoms with Crippen molar-refractivity contribution in [3.05, 3.63) is 35.1 Å². The van der Waals surface area contributed by atoms with Gasteiger partial charge in [-0.25, -0.2) is 13.2 Å². The second-order valence-electron chi connectivity index (χ2n) is 4.87. The largest absolute Gasteiger partial charge is 0.394 e. The highest BCUT2D eigenvalue weighted by molar-refractivity contribution is 5.19. The van der Waals surface area contributed by atoms with Crippen molar-refractivity contribution in [2.45, 2.75) is 37.8 Å². The molecule has 5 heteroatoms. The van der Waals surface area contributed by atoms with E-state index in [1.54, 1.807) is 0 Å². The lowest BCUT2D eigenvalue weighted by molar-refractivity contribution is 0.163.